The number of carboxylic acid groups (broad SMARTS) is 1. The van der Waals surface area contributed by atoms with Crippen molar-refractivity contribution in [2.75, 3.05) is 19.1 Å². The number of carboxylic acids is 1. The molecular formula is C19H17NO5. The molecule has 1 amide bonds. The van der Waals surface area contributed by atoms with Crippen LogP contribution < -0.4 is 14.4 Å². The van der Waals surface area contributed by atoms with Crippen LogP contribution >= 0.6 is 0 Å². The fourth-order valence-corrected chi connectivity index (χ4v) is 2.88. The highest BCUT2D eigenvalue weighted by atomic mass is 16.5. The average molecular weight is 339 g/mol. The quantitative estimate of drug-likeness (QED) is 0.848. The number of nitrogens with zero attached hydrogens (tertiary/aromatic N) is 1. The Morgan fingerprint density at radius 3 is 2.68 bits per heavy atom. The van der Waals surface area contributed by atoms with Crippen molar-refractivity contribution in [3.63, 3.8) is 0 Å². The van der Waals surface area contributed by atoms with Crippen molar-refractivity contribution in [2.24, 2.45) is 0 Å². The maximum Gasteiger partial charge on any atom is 0.328 e. The lowest BCUT2D eigenvalue weighted by atomic mass is 10.1. The molecule has 0 aliphatic carbocycles. The van der Waals surface area contributed by atoms with Gasteiger partial charge in [0.15, 0.2) is 11.5 Å². The Labute approximate surface area is 144 Å². The average Bonchev–Trinajstić information content (AvgIpc) is 2.96. The molecule has 0 radical (unpaired) electrons. The van der Waals surface area contributed by atoms with Crippen molar-refractivity contribution in [1.82, 2.24) is 0 Å². The van der Waals surface area contributed by atoms with Crippen LogP contribution in [0.4, 0.5) is 5.69 Å². The molecule has 1 N–H and O–H groups in total. The van der Waals surface area contributed by atoms with Gasteiger partial charge in [0, 0.05) is 11.8 Å². The van der Waals surface area contributed by atoms with Crippen molar-refractivity contribution in [3.05, 3.63) is 59.2 Å². The van der Waals surface area contributed by atoms with Crippen molar-refractivity contribution >= 4 is 23.6 Å². The molecule has 6 nitrogen and oxygen atoms in total. The molecule has 0 saturated heterocycles. The lowest BCUT2D eigenvalue weighted by Gasteiger charge is -2.16. The third-order valence-corrected chi connectivity index (χ3v) is 4.02. The zero-order chi connectivity index (χ0) is 18.0. The van der Waals surface area contributed by atoms with Crippen LogP contribution in [-0.2, 0) is 11.3 Å². The standard InChI is InChI=1S/C19H17NO5/c1-24-15-8-7-13-11-20(19(23)17(13)18(15)25-2)14-5-3-4-12(10-14)6-9-16(21)22/h3-10H,11H2,1-2H3,(H,21,22). The fourth-order valence-electron chi connectivity index (χ4n) is 2.88. The molecule has 128 valence electrons. The van der Waals surface area contributed by atoms with Gasteiger partial charge in [-0.05, 0) is 35.4 Å². The Morgan fingerprint density at radius 1 is 1.20 bits per heavy atom. The Bertz CT molecular complexity index is 872. The lowest BCUT2D eigenvalue weighted by molar-refractivity contribution is -0.131. The normalized spacial score (nSPS) is 13.2. The van der Waals surface area contributed by atoms with E-state index >= 15 is 0 Å². The molecule has 2 aromatic rings. The van der Waals surface area contributed by atoms with E-state index in [2.05, 4.69) is 0 Å². The first-order chi connectivity index (χ1) is 12.0. The first kappa shape index (κ1) is 16.6. The summed E-state index contributed by atoms with van der Waals surface area (Å²) in [6.07, 6.45) is 2.55. The molecule has 1 heterocycles. The van der Waals surface area contributed by atoms with Crippen LogP contribution in [0.25, 0.3) is 6.08 Å². The first-order valence-corrected chi connectivity index (χ1v) is 7.62. The largest absolute Gasteiger partial charge is 0.493 e. The second-order valence-electron chi connectivity index (χ2n) is 5.49. The van der Waals surface area contributed by atoms with E-state index in [1.165, 1.54) is 20.3 Å². The minimum atomic E-state index is -1.02. The summed E-state index contributed by atoms with van der Waals surface area (Å²) >= 11 is 0. The highest BCUT2D eigenvalue weighted by Crippen LogP contribution is 2.39. The zero-order valence-electron chi connectivity index (χ0n) is 13.9. The number of fused-ring (bicyclic) bond motifs is 1. The number of hydrogen-bond donors (Lipinski definition) is 1. The monoisotopic (exact) mass is 339 g/mol. The van der Waals surface area contributed by atoms with Crippen LogP contribution in [0.1, 0.15) is 21.5 Å². The maximum absolute atomic E-state index is 12.9. The molecular weight excluding hydrogens is 322 g/mol. The number of carbonyl (C=O) groups is 2. The number of benzene rings is 2. The molecule has 0 fully saturated rings. The second-order valence-corrected chi connectivity index (χ2v) is 5.49. The van der Waals surface area contributed by atoms with Gasteiger partial charge in [-0.3, -0.25) is 4.79 Å². The number of amides is 1. The molecule has 0 unspecified atom stereocenters. The molecule has 1 aliphatic heterocycles. The topological polar surface area (TPSA) is 76.1 Å². The van der Waals surface area contributed by atoms with Gasteiger partial charge in [-0.2, -0.15) is 0 Å². The van der Waals surface area contributed by atoms with E-state index in [0.717, 1.165) is 11.6 Å². The molecule has 3 rings (SSSR count). The Morgan fingerprint density at radius 2 is 2.00 bits per heavy atom. The minimum Gasteiger partial charge on any atom is -0.493 e. The molecule has 0 aromatic heterocycles. The Balaban J connectivity index is 1.97. The third kappa shape index (κ3) is 3.06. The first-order valence-electron chi connectivity index (χ1n) is 7.62. The van der Waals surface area contributed by atoms with Crippen molar-refractivity contribution < 1.29 is 24.2 Å². The summed E-state index contributed by atoms with van der Waals surface area (Å²) in [6, 6.07) is 10.8. The summed E-state index contributed by atoms with van der Waals surface area (Å²) < 4.78 is 10.6. The number of ether oxygens (including phenoxy) is 2. The maximum atomic E-state index is 12.9. The van der Waals surface area contributed by atoms with Gasteiger partial charge in [0.05, 0.1) is 26.3 Å². The predicted octanol–water partition coefficient (Wildman–Crippen LogP) is 2.96. The van der Waals surface area contributed by atoms with Crippen LogP contribution in [0.3, 0.4) is 0 Å². The molecule has 1 aliphatic rings. The third-order valence-electron chi connectivity index (χ3n) is 4.02. The van der Waals surface area contributed by atoms with E-state index in [1.54, 1.807) is 29.2 Å². The predicted molar refractivity (Wildman–Crippen MR) is 93.2 cm³/mol. The van der Waals surface area contributed by atoms with Gasteiger partial charge >= 0.3 is 5.97 Å². The van der Waals surface area contributed by atoms with Crippen LogP contribution in [0.2, 0.25) is 0 Å². The molecule has 0 bridgehead atoms. The van der Waals surface area contributed by atoms with Gasteiger partial charge in [0.2, 0.25) is 0 Å². The number of anilines is 1. The van der Waals surface area contributed by atoms with Gasteiger partial charge in [0.1, 0.15) is 0 Å². The van der Waals surface area contributed by atoms with Gasteiger partial charge in [-0.1, -0.05) is 18.2 Å². The summed E-state index contributed by atoms with van der Waals surface area (Å²) in [7, 11) is 3.03. The molecule has 0 atom stereocenters. The summed E-state index contributed by atoms with van der Waals surface area (Å²) in [5, 5.41) is 8.75. The number of methoxy groups -OCH3 is 2. The SMILES string of the molecule is COc1ccc2c(c1OC)C(=O)N(c1cccc(C=CC(=O)O)c1)C2. The number of hydrogen-bond acceptors (Lipinski definition) is 4. The highest BCUT2D eigenvalue weighted by molar-refractivity contribution is 6.12. The minimum absolute atomic E-state index is 0.176. The number of carbonyl (C=O) groups excluding carboxylic acids is 1. The van der Waals surface area contributed by atoms with E-state index < -0.39 is 5.97 Å². The van der Waals surface area contributed by atoms with E-state index in [1.807, 2.05) is 12.1 Å². The highest BCUT2D eigenvalue weighted by Gasteiger charge is 2.33. The lowest BCUT2D eigenvalue weighted by Crippen LogP contribution is -2.23. The van der Waals surface area contributed by atoms with Gasteiger partial charge in [0.25, 0.3) is 5.91 Å². The molecule has 0 saturated carbocycles. The van der Waals surface area contributed by atoms with Gasteiger partial charge in [-0.25, -0.2) is 4.79 Å². The van der Waals surface area contributed by atoms with Crippen molar-refractivity contribution in [1.29, 1.82) is 0 Å². The van der Waals surface area contributed by atoms with E-state index in [4.69, 9.17) is 14.6 Å². The molecule has 0 spiro atoms. The summed E-state index contributed by atoms with van der Waals surface area (Å²) in [4.78, 5) is 25.2. The van der Waals surface area contributed by atoms with E-state index in [-0.39, 0.29) is 5.91 Å². The summed E-state index contributed by atoms with van der Waals surface area (Å²) in [6.45, 7) is 0.417. The molecule has 25 heavy (non-hydrogen) atoms. The number of aliphatic carboxylic acids is 1. The number of rotatable bonds is 5. The Hall–Kier alpha value is -3.28. The van der Waals surface area contributed by atoms with Crippen molar-refractivity contribution in [2.45, 2.75) is 6.54 Å². The van der Waals surface area contributed by atoms with E-state index in [0.29, 0.717) is 34.9 Å². The van der Waals surface area contributed by atoms with Crippen LogP contribution in [0.5, 0.6) is 11.5 Å². The zero-order valence-corrected chi connectivity index (χ0v) is 13.9. The summed E-state index contributed by atoms with van der Waals surface area (Å²) in [5.41, 5.74) is 2.74. The van der Waals surface area contributed by atoms with Crippen molar-refractivity contribution in [3.8, 4) is 11.5 Å². The Kier molecular flexibility index (Phi) is 4.43. The second kappa shape index (κ2) is 6.68. The van der Waals surface area contributed by atoms with Crippen LogP contribution in [-0.4, -0.2) is 31.2 Å². The van der Waals surface area contributed by atoms with Crippen LogP contribution in [0, 0.1) is 0 Å². The smallest absolute Gasteiger partial charge is 0.328 e. The van der Waals surface area contributed by atoms with Gasteiger partial charge < -0.3 is 19.5 Å². The molecule has 2 aromatic carbocycles. The van der Waals surface area contributed by atoms with Gasteiger partial charge in [-0.15, -0.1) is 0 Å². The van der Waals surface area contributed by atoms with E-state index in [9.17, 15) is 9.59 Å². The summed E-state index contributed by atoms with van der Waals surface area (Å²) in [5.74, 6) is -0.263. The van der Waals surface area contributed by atoms with Crippen LogP contribution in [0.15, 0.2) is 42.5 Å². The fraction of sp³-hybridized carbons (Fsp3) is 0.158. The molecule has 6 heteroatoms.